The lowest BCUT2D eigenvalue weighted by Crippen LogP contribution is -2.36. The molecule has 0 unspecified atom stereocenters. The first-order valence-corrected chi connectivity index (χ1v) is 13.3. The van der Waals surface area contributed by atoms with Crippen LogP contribution in [0.2, 0.25) is 0 Å². The highest BCUT2D eigenvalue weighted by Gasteiger charge is 2.17. The molecule has 1 saturated heterocycles. The second-order valence-corrected chi connectivity index (χ2v) is 10.1. The number of ketones is 1. The molecule has 3 heterocycles. The molecule has 0 atom stereocenters. The fraction of sp³-hybridized carbons (Fsp3) is 0.231. The molecule has 0 bridgehead atoms. The van der Waals surface area contributed by atoms with E-state index in [1.165, 1.54) is 18.3 Å². The molecule has 1 N–H and O–H groups in total. The van der Waals surface area contributed by atoms with Gasteiger partial charge in [-0.15, -0.1) is 0 Å². The zero-order chi connectivity index (χ0) is 26.1. The molecule has 2 aromatic heterocycles. The van der Waals surface area contributed by atoms with Gasteiger partial charge in [-0.25, -0.2) is 23.2 Å². The van der Waals surface area contributed by atoms with Crippen molar-refractivity contribution in [2.24, 2.45) is 0 Å². The summed E-state index contributed by atoms with van der Waals surface area (Å²) in [6.07, 6.45) is 3.69. The number of carbonyl (C=O) groups is 2. The number of pyridine rings is 2. The summed E-state index contributed by atoms with van der Waals surface area (Å²) in [6, 6.07) is 16.5. The van der Waals surface area contributed by atoms with E-state index in [1.807, 2.05) is 18.2 Å². The second-order valence-electron chi connectivity index (χ2n) is 8.04. The third-order valence-electron chi connectivity index (χ3n) is 5.45. The second kappa shape index (κ2) is 12.2. The van der Waals surface area contributed by atoms with Gasteiger partial charge in [0.15, 0.2) is 20.6 Å². The van der Waals surface area contributed by atoms with Crippen LogP contribution in [0.3, 0.4) is 0 Å². The normalized spacial score (nSPS) is 13.9. The van der Waals surface area contributed by atoms with Gasteiger partial charge in [0.1, 0.15) is 12.4 Å². The van der Waals surface area contributed by atoms with E-state index in [0.29, 0.717) is 30.2 Å². The lowest BCUT2D eigenvalue weighted by molar-refractivity contribution is 0.104. The predicted octanol–water partition coefficient (Wildman–Crippen LogP) is 3.23. The van der Waals surface area contributed by atoms with E-state index >= 15 is 0 Å². The van der Waals surface area contributed by atoms with Crippen molar-refractivity contribution >= 4 is 39.3 Å². The van der Waals surface area contributed by atoms with Crippen molar-refractivity contribution in [1.29, 1.82) is 0 Å². The van der Waals surface area contributed by atoms with Crippen molar-refractivity contribution in [2.45, 2.75) is 5.03 Å². The summed E-state index contributed by atoms with van der Waals surface area (Å²) in [5.74, 6) is 0.239. The molecule has 1 aliphatic rings. The third kappa shape index (κ3) is 7.45. The van der Waals surface area contributed by atoms with Gasteiger partial charge in [0.05, 0.1) is 24.7 Å². The molecule has 1 aromatic carbocycles. The van der Waals surface area contributed by atoms with Crippen molar-refractivity contribution in [2.75, 3.05) is 48.9 Å². The van der Waals surface area contributed by atoms with Crippen molar-refractivity contribution < 1.29 is 27.5 Å². The Morgan fingerprint density at radius 1 is 1.03 bits per heavy atom. The van der Waals surface area contributed by atoms with Crippen LogP contribution in [-0.4, -0.2) is 68.9 Å². The molecule has 3 aromatic rings. The maximum absolute atomic E-state index is 12.6. The molecular weight excluding hydrogens is 496 g/mol. The van der Waals surface area contributed by atoms with E-state index in [-0.39, 0.29) is 23.2 Å². The van der Waals surface area contributed by atoms with Gasteiger partial charge in [0.25, 0.3) is 0 Å². The van der Waals surface area contributed by atoms with Gasteiger partial charge in [-0.05, 0) is 60.7 Å². The zero-order valence-electron chi connectivity index (χ0n) is 19.9. The van der Waals surface area contributed by atoms with Gasteiger partial charge in [0, 0.05) is 30.5 Å². The first-order chi connectivity index (χ1) is 17.9. The molecular formula is C26H26N4O6S. The molecule has 1 aliphatic heterocycles. The maximum atomic E-state index is 12.6. The predicted molar refractivity (Wildman–Crippen MR) is 138 cm³/mol. The van der Waals surface area contributed by atoms with E-state index in [2.05, 4.69) is 20.2 Å². The molecule has 11 heteroatoms. The Balaban J connectivity index is 1.27. The largest absolute Gasteiger partial charge is 0.448 e. The zero-order valence-corrected chi connectivity index (χ0v) is 20.8. The lowest BCUT2D eigenvalue weighted by atomic mass is 10.1. The number of hydrogen-bond donors (Lipinski definition) is 1. The Morgan fingerprint density at radius 2 is 1.81 bits per heavy atom. The minimum Gasteiger partial charge on any atom is -0.448 e. The molecule has 0 spiro atoms. The fourth-order valence-corrected chi connectivity index (χ4v) is 4.53. The Kier molecular flexibility index (Phi) is 8.60. The van der Waals surface area contributed by atoms with Crippen LogP contribution in [0.1, 0.15) is 16.1 Å². The van der Waals surface area contributed by atoms with Crippen LogP contribution in [0.5, 0.6) is 0 Å². The van der Waals surface area contributed by atoms with Crippen molar-refractivity contribution in [3.8, 4) is 0 Å². The Labute approximate surface area is 214 Å². The fourth-order valence-electron chi connectivity index (χ4n) is 3.51. The number of carbonyl (C=O) groups excluding carboxylic acids is 2. The molecule has 37 heavy (non-hydrogen) atoms. The number of ether oxygens (including phenoxy) is 2. The number of anilines is 2. The average Bonchev–Trinajstić information content (AvgIpc) is 2.93. The summed E-state index contributed by atoms with van der Waals surface area (Å²) in [7, 11) is -3.65. The van der Waals surface area contributed by atoms with Crippen LogP contribution in [-0.2, 0) is 19.3 Å². The van der Waals surface area contributed by atoms with Gasteiger partial charge in [-0.1, -0.05) is 12.1 Å². The number of nitrogens with zero attached hydrogens (tertiary/aromatic N) is 3. The Bertz CT molecular complexity index is 1360. The SMILES string of the molecule is O=C(Nc1ccc(C(=O)/C=C/c2cccc(N3CCOCC3)n2)cc1)OCCS(=O)(=O)c1ccccn1. The van der Waals surface area contributed by atoms with Crippen LogP contribution in [0, 0.1) is 0 Å². The van der Waals surface area contributed by atoms with Gasteiger partial charge in [-0.2, -0.15) is 0 Å². The van der Waals surface area contributed by atoms with E-state index in [0.717, 1.165) is 18.9 Å². The monoisotopic (exact) mass is 522 g/mol. The molecule has 1 fully saturated rings. The highest BCUT2D eigenvalue weighted by Crippen LogP contribution is 2.15. The van der Waals surface area contributed by atoms with E-state index in [4.69, 9.17) is 9.47 Å². The van der Waals surface area contributed by atoms with Gasteiger partial charge in [-0.3, -0.25) is 10.1 Å². The summed E-state index contributed by atoms with van der Waals surface area (Å²) < 4.78 is 34.7. The summed E-state index contributed by atoms with van der Waals surface area (Å²) in [5.41, 5.74) is 1.50. The van der Waals surface area contributed by atoms with Crippen LogP contribution >= 0.6 is 0 Å². The first-order valence-electron chi connectivity index (χ1n) is 11.6. The summed E-state index contributed by atoms with van der Waals surface area (Å²) in [4.78, 5) is 35.1. The molecule has 0 aliphatic carbocycles. The van der Waals surface area contributed by atoms with Crippen LogP contribution < -0.4 is 10.2 Å². The molecule has 0 saturated carbocycles. The molecule has 10 nitrogen and oxygen atoms in total. The van der Waals surface area contributed by atoms with Crippen LogP contribution in [0.15, 0.2) is 78.0 Å². The number of hydrogen-bond acceptors (Lipinski definition) is 9. The number of nitrogens with one attached hydrogen (secondary N) is 1. The smallest absolute Gasteiger partial charge is 0.411 e. The molecule has 0 radical (unpaired) electrons. The third-order valence-corrected chi connectivity index (χ3v) is 7.04. The molecule has 192 valence electrons. The number of amides is 1. The average molecular weight is 523 g/mol. The molecule has 1 amide bonds. The van der Waals surface area contributed by atoms with Crippen molar-refractivity contribution in [3.63, 3.8) is 0 Å². The highest BCUT2D eigenvalue weighted by atomic mass is 32.2. The number of sulfone groups is 1. The van der Waals surface area contributed by atoms with E-state index < -0.39 is 15.9 Å². The van der Waals surface area contributed by atoms with Gasteiger partial charge < -0.3 is 14.4 Å². The van der Waals surface area contributed by atoms with Crippen LogP contribution in [0.25, 0.3) is 6.08 Å². The quantitative estimate of drug-likeness (QED) is 0.333. The first kappa shape index (κ1) is 26.0. The highest BCUT2D eigenvalue weighted by molar-refractivity contribution is 7.91. The molecule has 4 rings (SSSR count). The summed E-state index contributed by atoms with van der Waals surface area (Å²) in [5, 5.41) is 2.43. The minimum atomic E-state index is -3.65. The van der Waals surface area contributed by atoms with E-state index in [9.17, 15) is 18.0 Å². The van der Waals surface area contributed by atoms with Crippen LogP contribution in [0.4, 0.5) is 16.3 Å². The van der Waals surface area contributed by atoms with Gasteiger partial charge >= 0.3 is 6.09 Å². The summed E-state index contributed by atoms with van der Waals surface area (Å²) in [6.45, 7) is 2.55. The standard InChI is InChI=1S/C26H26N4O6S/c31-23(12-11-21-4-3-5-24(28-21)30-14-16-35-17-15-30)20-7-9-22(10-8-20)29-26(32)36-18-19-37(33,34)25-6-1-2-13-27-25/h1-13H,14-19H2,(H,29,32)/b12-11+. The van der Waals surface area contributed by atoms with Crippen molar-refractivity contribution in [1.82, 2.24) is 9.97 Å². The van der Waals surface area contributed by atoms with E-state index in [1.54, 1.807) is 42.5 Å². The lowest BCUT2D eigenvalue weighted by Gasteiger charge is -2.27. The summed E-state index contributed by atoms with van der Waals surface area (Å²) >= 11 is 0. The van der Waals surface area contributed by atoms with Crippen molar-refractivity contribution in [3.05, 3.63) is 84.2 Å². The number of aromatic nitrogens is 2. The van der Waals surface area contributed by atoms with Gasteiger partial charge in [0.2, 0.25) is 0 Å². The topological polar surface area (TPSA) is 128 Å². The Morgan fingerprint density at radius 3 is 2.54 bits per heavy atom. The number of allylic oxidation sites excluding steroid dienone is 1. The number of morpholine rings is 1. The Hall–Kier alpha value is -4.09. The maximum Gasteiger partial charge on any atom is 0.411 e. The number of rotatable bonds is 9. The number of benzene rings is 1. The minimum absolute atomic E-state index is 0.0751.